The van der Waals surface area contributed by atoms with Crippen molar-refractivity contribution in [3.8, 4) is 11.5 Å². The summed E-state index contributed by atoms with van der Waals surface area (Å²) in [5.41, 5.74) is 6.32. The molecule has 5 heteroatoms. The van der Waals surface area contributed by atoms with Gasteiger partial charge in [0.1, 0.15) is 11.5 Å². The number of hydrogen-bond acceptors (Lipinski definition) is 4. The fraction of sp³-hybridized carbons (Fsp3) is 0.222. The van der Waals surface area contributed by atoms with Gasteiger partial charge in [-0.15, -0.1) is 0 Å². The summed E-state index contributed by atoms with van der Waals surface area (Å²) in [6, 6.07) is 10.6. The van der Waals surface area contributed by atoms with Crippen LogP contribution in [-0.2, 0) is 4.79 Å². The Bertz CT molecular complexity index is 739. The van der Waals surface area contributed by atoms with E-state index in [-0.39, 0.29) is 18.3 Å². The quantitative estimate of drug-likeness (QED) is 0.659. The molecule has 2 N–H and O–H groups in total. The Morgan fingerprint density at radius 2 is 2.04 bits per heavy atom. The topological polar surface area (TPSA) is 70.9 Å². The fourth-order valence-electron chi connectivity index (χ4n) is 2.11. The molecule has 0 aromatic heterocycles. The SMILES string of the molecule is Cc1cc(C)c(C)c(OCC(=O)N/N=C/c2cccc(O)c2)c1. The lowest BCUT2D eigenvalue weighted by Crippen LogP contribution is -2.24. The molecule has 0 spiro atoms. The Kier molecular flexibility index (Phi) is 5.36. The first-order valence-corrected chi connectivity index (χ1v) is 7.27. The summed E-state index contributed by atoms with van der Waals surface area (Å²) >= 11 is 0. The number of phenolic OH excluding ortho intramolecular Hbond substituents is 1. The number of hydrazone groups is 1. The summed E-state index contributed by atoms with van der Waals surface area (Å²) in [4.78, 5) is 11.8. The molecule has 0 atom stereocenters. The van der Waals surface area contributed by atoms with Gasteiger partial charge in [-0.25, -0.2) is 5.43 Å². The van der Waals surface area contributed by atoms with Gasteiger partial charge in [0.05, 0.1) is 6.21 Å². The number of carbonyl (C=O) groups is 1. The molecule has 0 aliphatic heterocycles. The van der Waals surface area contributed by atoms with Crippen LogP contribution in [0.5, 0.6) is 11.5 Å². The molecule has 0 aliphatic rings. The minimum Gasteiger partial charge on any atom is -0.508 e. The van der Waals surface area contributed by atoms with Gasteiger partial charge in [-0.1, -0.05) is 18.2 Å². The van der Waals surface area contributed by atoms with E-state index in [0.29, 0.717) is 11.3 Å². The number of hydrogen-bond donors (Lipinski definition) is 2. The molecule has 0 radical (unpaired) electrons. The van der Waals surface area contributed by atoms with Crippen molar-refractivity contribution in [3.05, 3.63) is 58.7 Å². The van der Waals surface area contributed by atoms with Crippen molar-refractivity contribution in [2.75, 3.05) is 6.61 Å². The average Bonchev–Trinajstić information content (AvgIpc) is 2.49. The smallest absolute Gasteiger partial charge is 0.277 e. The Morgan fingerprint density at radius 1 is 1.26 bits per heavy atom. The number of nitrogens with one attached hydrogen (secondary N) is 1. The Hall–Kier alpha value is -2.82. The van der Waals surface area contributed by atoms with Gasteiger partial charge in [0.25, 0.3) is 5.91 Å². The van der Waals surface area contributed by atoms with E-state index >= 15 is 0 Å². The number of nitrogens with zero attached hydrogens (tertiary/aromatic N) is 1. The highest BCUT2D eigenvalue weighted by Crippen LogP contribution is 2.23. The van der Waals surface area contributed by atoms with Crippen LogP contribution in [0.3, 0.4) is 0 Å². The second-order valence-corrected chi connectivity index (χ2v) is 5.38. The average molecular weight is 312 g/mol. The van der Waals surface area contributed by atoms with Crippen molar-refractivity contribution in [1.29, 1.82) is 0 Å². The zero-order valence-corrected chi connectivity index (χ0v) is 13.5. The first-order valence-electron chi connectivity index (χ1n) is 7.27. The Labute approximate surface area is 135 Å². The van der Waals surface area contributed by atoms with E-state index in [9.17, 15) is 9.90 Å². The number of phenols is 1. The van der Waals surface area contributed by atoms with Crippen LogP contribution >= 0.6 is 0 Å². The summed E-state index contributed by atoms with van der Waals surface area (Å²) < 4.78 is 5.56. The monoisotopic (exact) mass is 312 g/mol. The summed E-state index contributed by atoms with van der Waals surface area (Å²) in [6.45, 7) is 5.84. The predicted molar refractivity (Wildman–Crippen MR) is 90.0 cm³/mol. The molecule has 2 aromatic rings. The van der Waals surface area contributed by atoms with Crippen LogP contribution in [0.4, 0.5) is 0 Å². The second-order valence-electron chi connectivity index (χ2n) is 5.38. The van der Waals surface area contributed by atoms with Gasteiger partial charge in [0.15, 0.2) is 6.61 Å². The van der Waals surface area contributed by atoms with Crippen LogP contribution in [0, 0.1) is 20.8 Å². The number of aromatic hydroxyl groups is 1. The van der Waals surface area contributed by atoms with Gasteiger partial charge in [0.2, 0.25) is 0 Å². The highest BCUT2D eigenvalue weighted by molar-refractivity contribution is 5.83. The maximum Gasteiger partial charge on any atom is 0.277 e. The minimum absolute atomic E-state index is 0.110. The molecule has 5 nitrogen and oxygen atoms in total. The number of amides is 1. The Balaban J connectivity index is 1.88. The van der Waals surface area contributed by atoms with Crippen LogP contribution < -0.4 is 10.2 Å². The fourth-order valence-corrected chi connectivity index (χ4v) is 2.11. The molecular formula is C18H20N2O3. The van der Waals surface area contributed by atoms with Crippen LogP contribution in [0.25, 0.3) is 0 Å². The van der Waals surface area contributed by atoms with E-state index < -0.39 is 0 Å². The highest BCUT2D eigenvalue weighted by Gasteiger charge is 2.06. The first kappa shape index (κ1) is 16.5. The summed E-state index contributed by atoms with van der Waals surface area (Å²) in [7, 11) is 0. The van der Waals surface area contributed by atoms with Crippen molar-refractivity contribution in [3.63, 3.8) is 0 Å². The van der Waals surface area contributed by atoms with Crippen LogP contribution in [0.15, 0.2) is 41.5 Å². The minimum atomic E-state index is -0.347. The number of benzene rings is 2. The van der Waals surface area contributed by atoms with Gasteiger partial charge in [-0.2, -0.15) is 5.10 Å². The molecule has 120 valence electrons. The zero-order chi connectivity index (χ0) is 16.8. The van der Waals surface area contributed by atoms with Gasteiger partial charge < -0.3 is 9.84 Å². The van der Waals surface area contributed by atoms with Gasteiger partial charge >= 0.3 is 0 Å². The third-order valence-corrected chi connectivity index (χ3v) is 3.40. The van der Waals surface area contributed by atoms with Crippen LogP contribution in [0.2, 0.25) is 0 Å². The lowest BCUT2D eigenvalue weighted by molar-refractivity contribution is -0.123. The van der Waals surface area contributed by atoms with Crippen LogP contribution in [0.1, 0.15) is 22.3 Å². The van der Waals surface area contributed by atoms with Crippen molar-refractivity contribution in [2.45, 2.75) is 20.8 Å². The van der Waals surface area contributed by atoms with E-state index in [1.165, 1.54) is 6.21 Å². The van der Waals surface area contributed by atoms with Crippen LogP contribution in [-0.4, -0.2) is 23.8 Å². The molecule has 0 unspecified atom stereocenters. The first-order chi connectivity index (χ1) is 11.0. The molecule has 2 rings (SSSR count). The molecule has 0 bridgehead atoms. The third-order valence-electron chi connectivity index (χ3n) is 3.40. The van der Waals surface area contributed by atoms with E-state index in [1.54, 1.807) is 24.3 Å². The number of aryl methyl sites for hydroxylation is 2. The van der Waals surface area contributed by atoms with Gasteiger partial charge in [-0.3, -0.25) is 4.79 Å². The molecular weight excluding hydrogens is 292 g/mol. The molecule has 2 aromatic carbocycles. The van der Waals surface area contributed by atoms with Gasteiger partial charge in [-0.05, 0) is 61.2 Å². The maximum atomic E-state index is 11.8. The van der Waals surface area contributed by atoms with E-state index in [0.717, 1.165) is 16.7 Å². The molecule has 0 saturated heterocycles. The number of carbonyl (C=O) groups excluding carboxylic acids is 1. The van der Waals surface area contributed by atoms with Crippen molar-refractivity contribution in [2.24, 2.45) is 5.10 Å². The molecule has 23 heavy (non-hydrogen) atoms. The summed E-state index contributed by atoms with van der Waals surface area (Å²) in [6.07, 6.45) is 1.46. The predicted octanol–water partition coefficient (Wildman–Crippen LogP) is 2.85. The van der Waals surface area contributed by atoms with Crippen molar-refractivity contribution in [1.82, 2.24) is 5.43 Å². The molecule has 0 fully saturated rings. The lowest BCUT2D eigenvalue weighted by atomic mass is 10.1. The van der Waals surface area contributed by atoms with E-state index in [1.807, 2.05) is 26.8 Å². The maximum absolute atomic E-state index is 11.8. The summed E-state index contributed by atoms with van der Waals surface area (Å²) in [5.74, 6) is 0.503. The number of rotatable bonds is 5. The highest BCUT2D eigenvalue weighted by atomic mass is 16.5. The molecule has 0 saturated carbocycles. The largest absolute Gasteiger partial charge is 0.508 e. The Morgan fingerprint density at radius 3 is 2.78 bits per heavy atom. The molecule has 0 aliphatic carbocycles. The van der Waals surface area contributed by atoms with E-state index in [4.69, 9.17) is 4.74 Å². The van der Waals surface area contributed by atoms with Crippen molar-refractivity contribution < 1.29 is 14.6 Å². The third kappa shape index (κ3) is 4.85. The summed E-state index contributed by atoms with van der Waals surface area (Å²) in [5, 5.41) is 13.2. The normalized spacial score (nSPS) is 10.7. The zero-order valence-electron chi connectivity index (χ0n) is 13.5. The molecule has 1 amide bonds. The lowest BCUT2D eigenvalue weighted by Gasteiger charge is -2.11. The van der Waals surface area contributed by atoms with E-state index in [2.05, 4.69) is 16.6 Å². The van der Waals surface area contributed by atoms with Crippen molar-refractivity contribution >= 4 is 12.1 Å². The molecule has 0 heterocycles. The van der Waals surface area contributed by atoms with Gasteiger partial charge in [0, 0.05) is 0 Å². The number of ether oxygens (including phenoxy) is 1. The standard InChI is InChI=1S/C18H20N2O3/c1-12-7-13(2)14(3)17(8-12)23-11-18(22)20-19-10-15-5-4-6-16(21)9-15/h4-10,21H,11H2,1-3H3,(H,20,22)/b19-10+. The second kappa shape index (κ2) is 7.45.